The highest BCUT2D eigenvalue weighted by atomic mass is 15.2. The summed E-state index contributed by atoms with van der Waals surface area (Å²) in [5.74, 6) is 0.819. The summed E-state index contributed by atoms with van der Waals surface area (Å²) >= 11 is 0. The van der Waals surface area contributed by atoms with E-state index in [2.05, 4.69) is 28.4 Å². The van der Waals surface area contributed by atoms with Gasteiger partial charge in [0.2, 0.25) is 0 Å². The van der Waals surface area contributed by atoms with E-state index < -0.39 is 0 Å². The molecule has 0 unspecified atom stereocenters. The van der Waals surface area contributed by atoms with Crippen LogP contribution in [0.4, 0.5) is 0 Å². The lowest BCUT2D eigenvalue weighted by atomic mass is 9.93. The molecule has 0 bridgehead atoms. The Morgan fingerprint density at radius 3 is 2.68 bits per heavy atom. The lowest BCUT2D eigenvalue weighted by molar-refractivity contribution is 0.323. The molecule has 22 heavy (non-hydrogen) atoms. The molecule has 1 aromatic carbocycles. The number of rotatable bonds is 5. The molecule has 3 nitrogen and oxygen atoms in total. The Kier molecular flexibility index (Phi) is 3.68. The van der Waals surface area contributed by atoms with Crippen LogP contribution in [0.3, 0.4) is 0 Å². The molecule has 1 aliphatic heterocycles. The second-order valence-corrected chi connectivity index (χ2v) is 7.30. The standard InChI is InChI=1S/C19H25N3/c20-14-15-3-5-16(6-4-15)19-8-7-18(17(19)13-19)21-9-12-22-10-1-2-11-22/h3-6,17-18,21H,1-2,7-13H2/t17-,18-,19-/m1/s1. The number of nitrogens with one attached hydrogen (secondary N) is 1. The van der Waals surface area contributed by atoms with Gasteiger partial charge >= 0.3 is 0 Å². The molecule has 1 aromatic rings. The van der Waals surface area contributed by atoms with E-state index in [1.807, 2.05) is 12.1 Å². The van der Waals surface area contributed by atoms with Gasteiger partial charge in [-0.2, -0.15) is 5.26 Å². The summed E-state index contributed by atoms with van der Waals surface area (Å²) < 4.78 is 0. The molecule has 3 fully saturated rings. The molecule has 0 amide bonds. The SMILES string of the molecule is N#Cc1ccc([C@]23CC[C@@H](NCCN4CCCC4)[C@H]2C3)cc1. The van der Waals surface area contributed by atoms with Gasteiger partial charge in [-0.1, -0.05) is 12.1 Å². The normalized spacial score (nSPS) is 33.6. The van der Waals surface area contributed by atoms with Crippen molar-refractivity contribution in [1.29, 1.82) is 5.26 Å². The van der Waals surface area contributed by atoms with Crippen molar-refractivity contribution in [2.75, 3.05) is 26.2 Å². The number of nitriles is 1. The Hall–Kier alpha value is -1.37. The minimum absolute atomic E-state index is 0.430. The van der Waals surface area contributed by atoms with Crippen LogP contribution in [0.5, 0.6) is 0 Å². The Bertz CT molecular complexity index is 567. The highest BCUT2D eigenvalue weighted by molar-refractivity contribution is 5.41. The van der Waals surface area contributed by atoms with Crippen molar-refractivity contribution in [2.45, 2.75) is 43.6 Å². The number of hydrogen-bond acceptors (Lipinski definition) is 3. The summed E-state index contributed by atoms with van der Waals surface area (Å²) in [6.45, 7) is 4.95. The molecule has 1 heterocycles. The summed E-state index contributed by atoms with van der Waals surface area (Å²) in [5, 5.41) is 12.8. The molecule has 0 aromatic heterocycles. The highest BCUT2D eigenvalue weighted by Gasteiger charge is 2.61. The Labute approximate surface area is 133 Å². The van der Waals surface area contributed by atoms with Crippen molar-refractivity contribution in [3.05, 3.63) is 35.4 Å². The Morgan fingerprint density at radius 1 is 1.23 bits per heavy atom. The van der Waals surface area contributed by atoms with Crippen molar-refractivity contribution in [1.82, 2.24) is 10.2 Å². The van der Waals surface area contributed by atoms with Crippen molar-refractivity contribution >= 4 is 0 Å². The number of nitrogens with zero attached hydrogens (tertiary/aromatic N) is 2. The van der Waals surface area contributed by atoms with Crippen LogP contribution in [0.15, 0.2) is 24.3 Å². The second-order valence-electron chi connectivity index (χ2n) is 7.30. The van der Waals surface area contributed by atoms with Crippen molar-refractivity contribution in [3.63, 3.8) is 0 Å². The zero-order chi connectivity index (χ0) is 15.0. The molecule has 2 aliphatic carbocycles. The van der Waals surface area contributed by atoms with Gasteiger partial charge < -0.3 is 10.2 Å². The average molecular weight is 295 g/mol. The molecule has 2 saturated carbocycles. The number of likely N-dealkylation sites (tertiary alicyclic amines) is 1. The first kappa shape index (κ1) is 14.2. The Morgan fingerprint density at radius 2 is 2.00 bits per heavy atom. The first-order valence-electron chi connectivity index (χ1n) is 8.78. The van der Waals surface area contributed by atoms with E-state index in [-0.39, 0.29) is 0 Å². The van der Waals surface area contributed by atoms with Crippen LogP contribution in [0.2, 0.25) is 0 Å². The maximum atomic E-state index is 8.93. The van der Waals surface area contributed by atoms with E-state index in [0.29, 0.717) is 11.5 Å². The zero-order valence-corrected chi connectivity index (χ0v) is 13.2. The number of benzene rings is 1. The van der Waals surface area contributed by atoms with Gasteiger partial charge in [-0.15, -0.1) is 0 Å². The monoisotopic (exact) mass is 295 g/mol. The van der Waals surface area contributed by atoms with E-state index >= 15 is 0 Å². The fourth-order valence-corrected chi connectivity index (χ4v) is 4.77. The van der Waals surface area contributed by atoms with Crippen LogP contribution in [-0.4, -0.2) is 37.1 Å². The van der Waals surface area contributed by atoms with Crippen LogP contribution >= 0.6 is 0 Å². The first-order chi connectivity index (χ1) is 10.8. The minimum Gasteiger partial charge on any atom is -0.312 e. The van der Waals surface area contributed by atoms with Crippen molar-refractivity contribution < 1.29 is 0 Å². The lowest BCUT2D eigenvalue weighted by Crippen LogP contribution is -2.36. The zero-order valence-electron chi connectivity index (χ0n) is 13.2. The van der Waals surface area contributed by atoms with E-state index in [1.165, 1.54) is 57.3 Å². The maximum Gasteiger partial charge on any atom is 0.0991 e. The average Bonchev–Trinajstić information content (AvgIpc) is 2.92. The topological polar surface area (TPSA) is 39.1 Å². The molecule has 3 heteroatoms. The minimum atomic E-state index is 0.430. The predicted octanol–water partition coefficient (Wildman–Crippen LogP) is 2.66. The fourth-order valence-electron chi connectivity index (χ4n) is 4.77. The van der Waals surface area contributed by atoms with E-state index in [0.717, 1.165) is 18.0 Å². The van der Waals surface area contributed by atoms with Crippen molar-refractivity contribution in [2.24, 2.45) is 5.92 Å². The van der Waals surface area contributed by atoms with Crippen LogP contribution in [-0.2, 0) is 5.41 Å². The lowest BCUT2D eigenvalue weighted by Gasteiger charge is -2.18. The quantitative estimate of drug-likeness (QED) is 0.907. The smallest absolute Gasteiger partial charge is 0.0991 e. The molecular weight excluding hydrogens is 270 g/mol. The molecule has 4 rings (SSSR count). The molecule has 1 N–H and O–H groups in total. The first-order valence-corrected chi connectivity index (χ1v) is 8.78. The van der Waals surface area contributed by atoms with Crippen LogP contribution < -0.4 is 5.32 Å². The van der Waals surface area contributed by atoms with E-state index in [1.54, 1.807) is 0 Å². The van der Waals surface area contributed by atoms with Gasteiger partial charge in [0.25, 0.3) is 0 Å². The maximum absolute atomic E-state index is 8.93. The molecule has 1 saturated heterocycles. The summed E-state index contributed by atoms with van der Waals surface area (Å²) in [7, 11) is 0. The fraction of sp³-hybridized carbons (Fsp3) is 0.632. The van der Waals surface area contributed by atoms with Gasteiger partial charge in [-0.3, -0.25) is 0 Å². The van der Waals surface area contributed by atoms with Gasteiger partial charge in [-0.05, 0) is 68.8 Å². The second kappa shape index (κ2) is 5.68. The van der Waals surface area contributed by atoms with Gasteiger partial charge in [0.15, 0.2) is 0 Å². The highest BCUT2D eigenvalue weighted by Crippen LogP contribution is 2.64. The molecule has 3 atom stereocenters. The van der Waals surface area contributed by atoms with Crippen molar-refractivity contribution in [3.8, 4) is 6.07 Å². The third-order valence-corrected chi connectivity index (χ3v) is 6.14. The summed E-state index contributed by atoms with van der Waals surface area (Å²) in [5.41, 5.74) is 2.66. The number of fused-ring (bicyclic) bond motifs is 1. The van der Waals surface area contributed by atoms with E-state index in [4.69, 9.17) is 5.26 Å². The van der Waals surface area contributed by atoms with Gasteiger partial charge in [0, 0.05) is 24.5 Å². The molecular formula is C19H25N3. The largest absolute Gasteiger partial charge is 0.312 e. The number of hydrogen-bond donors (Lipinski definition) is 1. The van der Waals surface area contributed by atoms with Gasteiger partial charge in [0.05, 0.1) is 11.6 Å². The molecule has 0 radical (unpaired) electrons. The molecule has 3 aliphatic rings. The summed E-state index contributed by atoms with van der Waals surface area (Å²) in [6, 6.07) is 11.3. The molecule has 0 spiro atoms. The van der Waals surface area contributed by atoms with Crippen LogP contribution in [0.1, 0.15) is 43.2 Å². The van der Waals surface area contributed by atoms with Crippen LogP contribution in [0, 0.1) is 17.2 Å². The summed E-state index contributed by atoms with van der Waals surface area (Å²) in [6.07, 6.45) is 6.72. The summed E-state index contributed by atoms with van der Waals surface area (Å²) in [4.78, 5) is 2.59. The van der Waals surface area contributed by atoms with Crippen LogP contribution in [0.25, 0.3) is 0 Å². The van der Waals surface area contributed by atoms with Gasteiger partial charge in [0.1, 0.15) is 0 Å². The predicted molar refractivity (Wildman–Crippen MR) is 87.6 cm³/mol. The van der Waals surface area contributed by atoms with E-state index in [9.17, 15) is 0 Å². The third kappa shape index (κ3) is 2.45. The van der Waals surface area contributed by atoms with Gasteiger partial charge in [-0.25, -0.2) is 0 Å². The third-order valence-electron chi connectivity index (χ3n) is 6.14. The molecule has 116 valence electrons. The Balaban J connectivity index is 1.32.